The average molecular weight is 290 g/mol. The molecule has 0 aliphatic carbocycles. The summed E-state index contributed by atoms with van der Waals surface area (Å²) in [7, 11) is 0. The number of alkyl halides is 1. The van der Waals surface area contributed by atoms with E-state index in [1.807, 2.05) is 0 Å². The van der Waals surface area contributed by atoms with Crippen molar-refractivity contribution in [1.82, 2.24) is 4.90 Å². The molecule has 1 saturated heterocycles. The van der Waals surface area contributed by atoms with Gasteiger partial charge < -0.3 is 4.90 Å². The number of likely N-dealkylation sites (tertiary alicyclic amines) is 1. The van der Waals surface area contributed by atoms with Crippen molar-refractivity contribution in [3.05, 3.63) is 0 Å². The number of halogens is 1. The van der Waals surface area contributed by atoms with E-state index < -0.39 is 0 Å². The van der Waals surface area contributed by atoms with Gasteiger partial charge in [0.2, 0.25) is 0 Å². The van der Waals surface area contributed by atoms with Crippen molar-refractivity contribution < 1.29 is 0 Å². The summed E-state index contributed by atoms with van der Waals surface area (Å²) in [6.07, 6.45) is 6.83. The van der Waals surface area contributed by atoms with E-state index >= 15 is 0 Å². The smallest absolute Gasteiger partial charge is 0.00718 e. The second kappa shape index (κ2) is 7.00. The van der Waals surface area contributed by atoms with Gasteiger partial charge in [0, 0.05) is 11.9 Å². The summed E-state index contributed by atoms with van der Waals surface area (Å²) >= 11 is 3.66. The van der Waals surface area contributed by atoms with Gasteiger partial charge >= 0.3 is 0 Å². The van der Waals surface area contributed by atoms with Crippen molar-refractivity contribution in [2.75, 3.05) is 25.0 Å². The van der Waals surface area contributed by atoms with Crippen LogP contribution in [-0.4, -0.2) is 29.9 Å². The maximum Gasteiger partial charge on any atom is 0.00718 e. The van der Waals surface area contributed by atoms with E-state index in [9.17, 15) is 0 Å². The molecular weight excluding hydrogens is 262 g/mol. The molecule has 1 aliphatic heterocycles. The van der Waals surface area contributed by atoms with Gasteiger partial charge in [0.1, 0.15) is 0 Å². The van der Waals surface area contributed by atoms with Crippen LogP contribution in [0.5, 0.6) is 0 Å². The Hall–Kier alpha value is 0.440. The lowest BCUT2D eigenvalue weighted by Gasteiger charge is -2.26. The lowest BCUT2D eigenvalue weighted by Crippen LogP contribution is -2.31. The van der Waals surface area contributed by atoms with Crippen molar-refractivity contribution >= 4 is 15.9 Å². The van der Waals surface area contributed by atoms with Crippen LogP contribution < -0.4 is 0 Å². The summed E-state index contributed by atoms with van der Waals surface area (Å²) < 4.78 is 0. The van der Waals surface area contributed by atoms with E-state index in [1.54, 1.807) is 0 Å². The first kappa shape index (κ1) is 14.5. The molecule has 0 aromatic carbocycles. The van der Waals surface area contributed by atoms with Crippen molar-refractivity contribution in [3.63, 3.8) is 0 Å². The first-order chi connectivity index (χ1) is 7.57. The zero-order valence-corrected chi connectivity index (χ0v) is 12.9. The molecule has 0 radical (unpaired) electrons. The van der Waals surface area contributed by atoms with Crippen molar-refractivity contribution in [2.45, 2.75) is 52.9 Å². The molecule has 1 atom stereocenters. The van der Waals surface area contributed by atoms with Gasteiger partial charge in [-0.1, -0.05) is 43.1 Å². The first-order valence-electron chi connectivity index (χ1n) is 6.85. The zero-order valence-electron chi connectivity index (χ0n) is 11.3. The minimum atomic E-state index is 0.573. The molecule has 0 aromatic heterocycles. The number of hydrogen-bond donors (Lipinski definition) is 0. The lowest BCUT2D eigenvalue weighted by atomic mass is 9.85. The van der Waals surface area contributed by atoms with Gasteiger partial charge in [-0.05, 0) is 50.1 Å². The number of hydrogen-bond acceptors (Lipinski definition) is 1. The molecule has 2 heteroatoms. The van der Waals surface area contributed by atoms with Crippen LogP contribution in [0.2, 0.25) is 0 Å². The van der Waals surface area contributed by atoms with E-state index in [-0.39, 0.29) is 0 Å². The van der Waals surface area contributed by atoms with Crippen molar-refractivity contribution in [3.8, 4) is 0 Å². The van der Waals surface area contributed by atoms with Crippen LogP contribution in [0, 0.1) is 11.3 Å². The topological polar surface area (TPSA) is 3.24 Å². The van der Waals surface area contributed by atoms with Crippen LogP contribution >= 0.6 is 15.9 Å². The van der Waals surface area contributed by atoms with Gasteiger partial charge in [-0.15, -0.1) is 0 Å². The number of nitrogens with zero attached hydrogens (tertiary/aromatic N) is 1. The second-order valence-corrected chi connectivity index (χ2v) is 6.77. The summed E-state index contributed by atoms with van der Waals surface area (Å²) in [4.78, 5) is 2.69. The van der Waals surface area contributed by atoms with Gasteiger partial charge in [-0.25, -0.2) is 0 Å². The first-order valence-corrected chi connectivity index (χ1v) is 7.98. The molecular formula is C14H28BrN. The highest BCUT2D eigenvalue weighted by Gasteiger charge is 2.23. The highest BCUT2D eigenvalue weighted by Crippen LogP contribution is 2.30. The summed E-state index contributed by atoms with van der Waals surface area (Å²) in [5.41, 5.74) is 0.573. The molecule has 1 fully saturated rings. The molecule has 0 saturated carbocycles. The Morgan fingerprint density at radius 2 is 2.00 bits per heavy atom. The van der Waals surface area contributed by atoms with E-state index in [0.717, 1.165) is 5.92 Å². The Labute approximate surface area is 110 Å². The predicted molar refractivity (Wildman–Crippen MR) is 76.3 cm³/mol. The maximum absolute atomic E-state index is 3.66. The Bertz CT molecular complexity index is 191. The molecule has 1 heterocycles. The van der Waals surface area contributed by atoms with Gasteiger partial charge in [0.15, 0.2) is 0 Å². The molecule has 1 nitrogen and oxygen atoms in total. The van der Waals surface area contributed by atoms with Crippen LogP contribution in [-0.2, 0) is 0 Å². The third-order valence-electron chi connectivity index (χ3n) is 3.86. The van der Waals surface area contributed by atoms with Crippen LogP contribution in [0.25, 0.3) is 0 Å². The van der Waals surface area contributed by atoms with Crippen LogP contribution in [0.4, 0.5) is 0 Å². The van der Waals surface area contributed by atoms with Crippen molar-refractivity contribution in [2.24, 2.45) is 11.3 Å². The maximum atomic E-state index is 3.66. The van der Waals surface area contributed by atoms with Crippen LogP contribution in [0.3, 0.4) is 0 Å². The quantitative estimate of drug-likeness (QED) is 0.682. The highest BCUT2D eigenvalue weighted by molar-refractivity contribution is 9.09. The zero-order chi connectivity index (χ0) is 12.0. The molecule has 0 spiro atoms. The van der Waals surface area contributed by atoms with Gasteiger partial charge in [-0.2, -0.15) is 0 Å². The lowest BCUT2D eigenvalue weighted by molar-refractivity contribution is 0.230. The van der Waals surface area contributed by atoms with Gasteiger partial charge in [0.05, 0.1) is 0 Å². The average Bonchev–Trinajstić information content (AvgIpc) is 2.40. The van der Waals surface area contributed by atoms with Crippen molar-refractivity contribution in [1.29, 1.82) is 0 Å². The van der Waals surface area contributed by atoms with Gasteiger partial charge in [0.25, 0.3) is 0 Å². The van der Waals surface area contributed by atoms with Crippen LogP contribution in [0.15, 0.2) is 0 Å². The molecule has 16 heavy (non-hydrogen) atoms. The molecule has 1 aliphatic rings. The van der Waals surface area contributed by atoms with E-state index in [2.05, 4.69) is 41.6 Å². The fraction of sp³-hybridized carbons (Fsp3) is 1.00. The Morgan fingerprint density at radius 1 is 1.25 bits per heavy atom. The summed E-state index contributed by atoms with van der Waals surface area (Å²) in [5, 5.41) is 1.17. The molecule has 1 unspecified atom stereocenters. The normalized spacial score (nSPS) is 24.0. The minimum absolute atomic E-state index is 0.573. The second-order valence-electron chi connectivity index (χ2n) is 6.13. The Kier molecular flexibility index (Phi) is 6.35. The SMILES string of the molecule is CCCC(CBr)CN1CCCC(C)(C)CC1. The Balaban J connectivity index is 2.36. The molecule has 0 bridgehead atoms. The Morgan fingerprint density at radius 3 is 2.62 bits per heavy atom. The van der Waals surface area contributed by atoms with Crippen LogP contribution in [0.1, 0.15) is 52.9 Å². The molecule has 96 valence electrons. The standard InChI is InChI=1S/C14H28BrN/c1-4-6-13(11-15)12-16-9-5-7-14(2,3)8-10-16/h13H,4-12H2,1-3H3. The van der Waals surface area contributed by atoms with E-state index in [4.69, 9.17) is 0 Å². The fourth-order valence-electron chi connectivity index (χ4n) is 2.65. The highest BCUT2D eigenvalue weighted by atomic mass is 79.9. The summed E-state index contributed by atoms with van der Waals surface area (Å²) in [6, 6.07) is 0. The third-order valence-corrected chi connectivity index (χ3v) is 4.78. The van der Waals surface area contributed by atoms with E-state index in [1.165, 1.54) is 57.1 Å². The minimum Gasteiger partial charge on any atom is -0.303 e. The van der Waals surface area contributed by atoms with Gasteiger partial charge in [-0.3, -0.25) is 0 Å². The summed E-state index contributed by atoms with van der Waals surface area (Å²) in [5.74, 6) is 0.853. The molecule has 1 rings (SSSR count). The fourth-order valence-corrected chi connectivity index (χ4v) is 3.18. The summed E-state index contributed by atoms with van der Waals surface area (Å²) in [6.45, 7) is 11.1. The number of rotatable bonds is 5. The molecule has 0 aromatic rings. The predicted octanol–water partition coefficient (Wildman–Crippen LogP) is 4.31. The van der Waals surface area contributed by atoms with E-state index in [0.29, 0.717) is 5.41 Å². The molecule has 0 N–H and O–H groups in total. The molecule has 0 amide bonds. The third kappa shape index (κ3) is 5.18. The monoisotopic (exact) mass is 289 g/mol. The largest absolute Gasteiger partial charge is 0.303 e.